The first-order valence-corrected chi connectivity index (χ1v) is 8.28. The van der Waals surface area contributed by atoms with Crippen LogP contribution in [0.3, 0.4) is 0 Å². The summed E-state index contributed by atoms with van der Waals surface area (Å²) in [5, 5.41) is 5.91. The smallest absolute Gasteiger partial charge is 0.217 e. The third kappa shape index (κ3) is 3.66. The molecule has 1 aliphatic rings. The van der Waals surface area contributed by atoms with Gasteiger partial charge in [-0.2, -0.15) is 0 Å². The summed E-state index contributed by atoms with van der Waals surface area (Å²) >= 11 is 1.69. The maximum atomic E-state index is 11.0. The van der Waals surface area contributed by atoms with Crippen LogP contribution in [0, 0.1) is 0 Å². The third-order valence-corrected chi connectivity index (χ3v) is 4.51. The van der Waals surface area contributed by atoms with Gasteiger partial charge in [0.1, 0.15) is 5.01 Å². The molecular formula is C15H19N5OS. The van der Waals surface area contributed by atoms with Gasteiger partial charge in [0, 0.05) is 18.5 Å². The predicted molar refractivity (Wildman–Crippen MR) is 84.1 cm³/mol. The molecule has 1 saturated heterocycles. The summed E-state index contributed by atoms with van der Waals surface area (Å²) in [5.41, 5.74) is 1.78. The summed E-state index contributed by atoms with van der Waals surface area (Å²) in [7, 11) is 0. The molecule has 1 aliphatic heterocycles. The average Bonchev–Trinajstić information content (AvgIpc) is 3.18. The first-order valence-electron chi connectivity index (χ1n) is 7.40. The van der Waals surface area contributed by atoms with Gasteiger partial charge in [0.05, 0.1) is 42.9 Å². The normalized spacial score (nSPS) is 18.5. The van der Waals surface area contributed by atoms with Crippen molar-refractivity contribution in [2.45, 2.75) is 38.9 Å². The summed E-state index contributed by atoms with van der Waals surface area (Å²) in [6.45, 7) is 3.85. The Kier molecular flexibility index (Phi) is 4.74. The van der Waals surface area contributed by atoms with Crippen LogP contribution in [0.15, 0.2) is 24.0 Å². The Labute approximate surface area is 133 Å². The Morgan fingerprint density at radius 3 is 3.18 bits per heavy atom. The van der Waals surface area contributed by atoms with Crippen molar-refractivity contribution in [3.05, 3.63) is 40.4 Å². The Balaban J connectivity index is 1.71. The number of likely N-dealkylation sites (tertiary alicyclic amines) is 1. The molecule has 3 rings (SSSR count). The largest absolute Gasteiger partial charge is 0.351 e. The molecule has 0 radical (unpaired) electrons. The Morgan fingerprint density at radius 1 is 1.50 bits per heavy atom. The Hall–Kier alpha value is -1.86. The molecule has 6 nitrogen and oxygen atoms in total. The molecule has 3 heterocycles. The van der Waals surface area contributed by atoms with Crippen LogP contribution in [-0.4, -0.2) is 32.3 Å². The SMILES string of the molecule is CC(=O)NCc1cncc([C@H]2CCCN2Cc2nccs2)n1. The number of rotatable bonds is 5. The maximum Gasteiger partial charge on any atom is 0.217 e. The first kappa shape index (κ1) is 15.1. The first-order chi connectivity index (χ1) is 10.7. The van der Waals surface area contributed by atoms with E-state index in [0.29, 0.717) is 6.54 Å². The van der Waals surface area contributed by atoms with Crippen molar-refractivity contribution in [2.24, 2.45) is 0 Å². The zero-order chi connectivity index (χ0) is 15.4. The summed E-state index contributed by atoms with van der Waals surface area (Å²) < 4.78 is 0. The number of nitrogens with one attached hydrogen (secondary N) is 1. The lowest BCUT2D eigenvalue weighted by Gasteiger charge is -2.23. The van der Waals surface area contributed by atoms with Crippen LogP contribution in [0.1, 0.15) is 42.2 Å². The number of carbonyl (C=O) groups is 1. The lowest BCUT2D eigenvalue weighted by molar-refractivity contribution is -0.119. The lowest BCUT2D eigenvalue weighted by Crippen LogP contribution is -2.24. The van der Waals surface area contributed by atoms with Crippen molar-refractivity contribution in [1.82, 2.24) is 25.2 Å². The number of hydrogen-bond donors (Lipinski definition) is 1. The van der Waals surface area contributed by atoms with Crippen LogP contribution >= 0.6 is 11.3 Å². The molecule has 0 aromatic carbocycles. The highest BCUT2D eigenvalue weighted by Crippen LogP contribution is 2.32. The number of aromatic nitrogens is 3. The van der Waals surface area contributed by atoms with Crippen molar-refractivity contribution < 1.29 is 4.79 Å². The van der Waals surface area contributed by atoms with E-state index in [4.69, 9.17) is 0 Å². The highest BCUT2D eigenvalue weighted by molar-refractivity contribution is 7.09. The molecule has 116 valence electrons. The van der Waals surface area contributed by atoms with Crippen molar-refractivity contribution in [3.8, 4) is 0 Å². The van der Waals surface area contributed by atoms with E-state index in [9.17, 15) is 4.79 Å². The van der Waals surface area contributed by atoms with Gasteiger partial charge in [-0.15, -0.1) is 11.3 Å². The van der Waals surface area contributed by atoms with E-state index in [1.54, 1.807) is 17.5 Å². The van der Waals surface area contributed by atoms with Crippen LogP contribution in [0.25, 0.3) is 0 Å². The van der Waals surface area contributed by atoms with Gasteiger partial charge < -0.3 is 5.32 Å². The van der Waals surface area contributed by atoms with Gasteiger partial charge in [0.25, 0.3) is 0 Å². The van der Waals surface area contributed by atoms with Crippen LogP contribution < -0.4 is 5.32 Å². The predicted octanol–water partition coefficient (Wildman–Crippen LogP) is 1.91. The van der Waals surface area contributed by atoms with Gasteiger partial charge in [0.2, 0.25) is 5.91 Å². The zero-order valence-electron chi connectivity index (χ0n) is 12.5. The number of hydrogen-bond acceptors (Lipinski definition) is 6. The fourth-order valence-electron chi connectivity index (χ4n) is 2.74. The average molecular weight is 317 g/mol. The fraction of sp³-hybridized carbons (Fsp3) is 0.467. The minimum atomic E-state index is -0.0570. The van der Waals surface area contributed by atoms with Gasteiger partial charge >= 0.3 is 0 Å². The quantitative estimate of drug-likeness (QED) is 0.912. The monoisotopic (exact) mass is 317 g/mol. The summed E-state index contributed by atoms with van der Waals surface area (Å²) in [6, 6.07) is 0.286. The molecule has 1 amide bonds. The van der Waals surface area contributed by atoms with Crippen molar-refractivity contribution in [3.63, 3.8) is 0 Å². The minimum Gasteiger partial charge on any atom is -0.351 e. The molecule has 0 aliphatic carbocycles. The molecule has 2 aromatic heterocycles. The van der Waals surface area contributed by atoms with E-state index in [0.717, 1.165) is 42.3 Å². The second-order valence-electron chi connectivity index (χ2n) is 5.40. The molecular weight excluding hydrogens is 298 g/mol. The molecule has 0 unspecified atom stereocenters. The van der Waals surface area contributed by atoms with E-state index in [2.05, 4.69) is 25.2 Å². The Morgan fingerprint density at radius 2 is 2.41 bits per heavy atom. The van der Waals surface area contributed by atoms with Crippen molar-refractivity contribution in [1.29, 1.82) is 0 Å². The van der Waals surface area contributed by atoms with E-state index in [1.165, 1.54) is 6.92 Å². The molecule has 1 atom stereocenters. The molecule has 1 N–H and O–H groups in total. The minimum absolute atomic E-state index is 0.0570. The van der Waals surface area contributed by atoms with Gasteiger partial charge in [-0.3, -0.25) is 19.7 Å². The number of amides is 1. The highest BCUT2D eigenvalue weighted by atomic mass is 32.1. The molecule has 22 heavy (non-hydrogen) atoms. The topological polar surface area (TPSA) is 71.0 Å². The molecule has 0 spiro atoms. The second kappa shape index (κ2) is 6.93. The number of nitrogens with zero attached hydrogens (tertiary/aromatic N) is 4. The molecule has 1 fully saturated rings. The lowest BCUT2D eigenvalue weighted by atomic mass is 10.1. The van der Waals surface area contributed by atoms with E-state index < -0.39 is 0 Å². The van der Waals surface area contributed by atoms with E-state index in [1.807, 2.05) is 17.8 Å². The third-order valence-electron chi connectivity index (χ3n) is 3.75. The van der Waals surface area contributed by atoms with Crippen molar-refractivity contribution >= 4 is 17.2 Å². The van der Waals surface area contributed by atoms with Crippen LogP contribution in [0.2, 0.25) is 0 Å². The number of thiazole rings is 1. The Bertz CT molecular complexity index is 631. The van der Waals surface area contributed by atoms with Crippen LogP contribution in [-0.2, 0) is 17.9 Å². The highest BCUT2D eigenvalue weighted by Gasteiger charge is 2.28. The summed E-state index contributed by atoms with van der Waals surface area (Å²) in [4.78, 5) is 26.7. The van der Waals surface area contributed by atoms with Crippen LogP contribution in [0.5, 0.6) is 0 Å². The maximum absolute atomic E-state index is 11.0. The van der Waals surface area contributed by atoms with Gasteiger partial charge in [-0.05, 0) is 19.4 Å². The summed E-state index contributed by atoms with van der Waals surface area (Å²) in [6.07, 6.45) is 7.64. The zero-order valence-corrected chi connectivity index (χ0v) is 13.3. The standard InChI is InChI=1S/C15H19N5OS/c1-11(21)18-8-12-7-16-9-13(19-12)14-3-2-5-20(14)10-15-17-4-6-22-15/h4,6-7,9,14H,2-3,5,8,10H2,1H3,(H,18,21)/t14-/m1/s1. The fourth-order valence-corrected chi connectivity index (χ4v) is 3.38. The molecule has 0 saturated carbocycles. The van der Waals surface area contributed by atoms with E-state index in [-0.39, 0.29) is 11.9 Å². The van der Waals surface area contributed by atoms with Crippen molar-refractivity contribution in [2.75, 3.05) is 6.54 Å². The summed E-state index contributed by atoms with van der Waals surface area (Å²) in [5.74, 6) is -0.0570. The van der Waals surface area contributed by atoms with Gasteiger partial charge in [-0.25, -0.2) is 4.98 Å². The molecule has 7 heteroatoms. The number of carbonyl (C=O) groups excluding carboxylic acids is 1. The van der Waals surface area contributed by atoms with E-state index >= 15 is 0 Å². The molecule has 2 aromatic rings. The van der Waals surface area contributed by atoms with Crippen LogP contribution in [0.4, 0.5) is 0 Å². The van der Waals surface area contributed by atoms with Gasteiger partial charge in [-0.1, -0.05) is 0 Å². The molecule has 0 bridgehead atoms. The van der Waals surface area contributed by atoms with Gasteiger partial charge in [0.15, 0.2) is 0 Å². The second-order valence-corrected chi connectivity index (χ2v) is 6.38.